The van der Waals surface area contributed by atoms with Gasteiger partial charge in [0.25, 0.3) is 0 Å². The van der Waals surface area contributed by atoms with Crippen LogP contribution < -0.4 is 0 Å². The predicted molar refractivity (Wildman–Crippen MR) is 70.1 cm³/mol. The van der Waals surface area contributed by atoms with E-state index < -0.39 is 24.5 Å². The van der Waals surface area contributed by atoms with E-state index in [-0.39, 0.29) is 6.61 Å². The van der Waals surface area contributed by atoms with Gasteiger partial charge in [-0.2, -0.15) is 0 Å². The number of hydrogen-bond donors (Lipinski definition) is 3. The van der Waals surface area contributed by atoms with E-state index in [2.05, 4.69) is 15.0 Å². The Labute approximate surface area is 118 Å². The van der Waals surface area contributed by atoms with Crippen LogP contribution in [-0.4, -0.2) is 66.0 Å². The lowest BCUT2D eigenvalue weighted by Crippen LogP contribution is -2.33. The van der Waals surface area contributed by atoms with E-state index in [1.165, 1.54) is 24.4 Å². The second kappa shape index (κ2) is 5.26. The molecule has 8 nitrogen and oxygen atoms in total. The number of nitrogens with zero attached hydrogens (tertiary/aromatic N) is 4. The van der Waals surface area contributed by atoms with E-state index in [0.717, 1.165) is 5.03 Å². The maximum Gasteiger partial charge on any atom is 0.166 e. The monoisotopic (exact) mass is 298 g/mol. The third-order valence-corrected chi connectivity index (χ3v) is 4.00. The predicted octanol–water partition coefficient (Wildman–Crippen LogP) is -0.840. The first kappa shape index (κ1) is 13.7. The molecule has 2 aromatic rings. The van der Waals surface area contributed by atoms with Crippen molar-refractivity contribution >= 4 is 22.9 Å². The third kappa shape index (κ3) is 1.98. The molecule has 1 aliphatic heterocycles. The van der Waals surface area contributed by atoms with E-state index in [0.29, 0.717) is 11.2 Å². The number of aromatic nitrogens is 4. The van der Waals surface area contributed by atoms with Crippen molar-refractivity contribution in [3.63, 3.8) is 0 Å². The lowest BCUT2D eigenvalue weighted by molar-refractivity contribution is -0.0511. The maximum atomic E-state index is 10.0. The van der Waals surface area contributed by atoms with Crippen molar-refractivity contribution in [3.05, 3.63) is 12.7 Å². The highest BCUT2D eigenvalue weighted by atomic mass is 32.2. The number of fused-ring (bicyclic) bond motifs is 1. The van der Waals surface area contributed by atoms with Crippen molar-refractivity contribution in [2.24, 2.45) is 0 Å². The number of imidazole rings is 1. The zero-order chi connectivity index (χ0) is 14.3. The Morgan fingerprint density at radius 2 is 2.10 bits per heavy atom. The van der Waals surface area contributed by atoms with Crippen LogP contribution in [0.2, 0.25) is 0 Å². The summed E-state index contributed by atoms with van der Waals surface area (Å²) in [7, 11) is 0. The van der Waals surface area contributed by atoms with Crippen molar-refractivity contribution in [2.75, 3.05) is 12.9 Å². The molecule has 1 unspecified atom stereocenters. The van der Waals surface area contributed by atoms with Gasteiger partial charge in [-0.3, -0.25) is 4.57 Å². The Morgan fingerprint density at radius 3 is 2.75 bits per heavy atom. The van der Waals surface area contributed by atoms with Gasteiger partial charge in [-0.1, -0.05) is 0 Å². The molecule has 4 atom stereocenters. The van der Waals surface area contributed by atoms with Crippen LogP contribution in [-0.2, 0) is 4.74 Å². The van der Waals surface area contributed by atoms with Gasteiger partial charge >= 0.3 is 0 Å². The minimum absolute atomic E-state index is 0.369. The van der Waals surface area contributed by atoms with Crippen molar-refractivity contribution in [2.45, 2.75) is 29.6 Å². The van der Waals surface area contributed by atoms with Crippen LogP contribution in [0.5, 0.6) is 0 Å². The summed E-state index contributed by atoms with van der Waals surface area (Å²) in [6, 6.07) is 0. The number of aliphatic hydroxyl groups is 3. The zero-order valence-electron chi connectivity index (χ0n) is 10.6. The summed E-state index contributed by atoms with van der Waals surface area (Å²) in [5, 5.41) is 29.7. The van der Waals surface area contributed by atoms with Gasteiger partial charge < -0.3 is 20.1 Å². The molecule has 3 heterocycles. The van der Waals surface area contributed by atoms with Crippen molar-refractivity contribution in [3.8, 4) is 0 Å². The van der Waals surface area contributed by atoms with E-state index >= 15 is 0 Å². The van der Waals surface area contributed by atoms with Gasteiger partial charge in [-0.25, -0.2) is 15.0 Å². The average Bonchev–Trinajstić information content (AvgIpc) is 3.01. The molecule has 0 aliphatic carbocycles. The smallest absolute Gasteiger partial charge is 0.166 e. The largest absolute Gasteiger partial charge is 0.394 e. The van der Waals surface area contributed by atoms with Gasteiger partial charge in [0, 0.05) is 0 Å². The Morgan fingerprint density at radius 1 is 1.30 bits per heavy atom. The molecule has 0 spiro atoms. The fourth-order valence-electron chi connectivity index (χ4n) is 2.28. The Bertz CT molecular complexity index is 621. The number of rotatable bonds is 3. The summed E-state index contributed by atoms with van der Waals surface area (Å²) < 4.78 is 7.01. The SMILES string of the molecule is CSc1ncnc2c1ncn2[C@@H]1O[C@H](CO)[C@H](O)C1O. The molecule has 0 radical (unpaired) electrons. The molecule has 1 aliphatic rings. The van der Waals surface area contributed by atoms with Crippen LogP contribution in [0.25, 0.3) is 11.2 Å². The minimum atomic E-state index is -1.16. The van der Waals surface area contributed by atoms with Gasteiger partial charge in [0.1, 0.15) is 35.2 Å². The van der Waals surface area contributed by atoms with Gasteiger partial charge in [-0.15, -0.1) is 11.8 Å². The second-order valence-electron chi connectivity index (χ2n) is 4.44. The second-order valence-corrected chi connectivity index (χ2v) is 5.23. The maximum absolute atomic E-state index is 10.0. The number of aliphatic hydroxyl groups excluding tert-OH is 3. The summed E-state index contributed by atoms with van der Waals surface area (Å²) in [5.41, 5.74) is 1.12. The van der Waals surface area contributed by atoms with Crippen LogP contribution >= 0.6 is 11.8 Å². The van der Waals surface area contributed by atoms with Gasteiger partial charge in [0.2, 0.25) is 0 Å². The normalized spacial score (nSPS) is 30.2. The Balaban J connectivity index is 2.03. The summed E-state index contributed by atoms with van der Waals surface area (Å²) >= 11 is 1.44. The van der Waals surface area contributed by atoms with Gasteiger partial charge in [-0.05, 0) is 6.26 Å². The summed E-state index contributed by atoms with van der Waals surface area (Å²) in [4.78, 5) is 12.5. The van der Waals surface area contributed by atoms with Crippen LogP contribution in [0.4, 0.5) is 0 Å². The van der Waals surface area contributed by atoms with Crippen molar-refractivity contribution in [1.29, 1.82) is 0 Å². The molecule has 3 rings (SSSR count). The molecule has 108 valence electrons. The van der Waals surface area contributed by atoms with Gasteiger partial charge in [0.15, 0.2) is 11.9 Å². The minimum Gasteiger partial charge on any atom is -0.394 e. The molecule has 20 heavy (non-hydrogen) atoms. The number of hydrogen-bond acceptors (Lipinski definition) is 8. The lowest BCUT2D eigenvalue weighted by atomic mass is 10.1. The molecule has 1 saturated heterocycles. The molecule has 2 aromatic heterocycles. The summed E-state index contributed by atoms with van der Waals surface area (Å²) in [6.07, 6.45) is 0.813. The first-order valence-electron chi connectivity index (χ1n) is 6.01. The van der Waals surface area contributed by atoms with Gasteiger partial charge in [0.05, 0.1) is 12.9 Å². The molecular weight excluding hydrogens is 284 g/mol. The number of ether oxygens (including phenoxy) is 1. The van der Waals surface area contributed by atoms with E-state index in [4.69, 9.17) is 9.84 Å². The fraction of sp³-hybridized carbons (Fsp3) is 0.545. The summed E-state index contributed by atoms with van der Waals surface area (Å²) in [5.74, 6) is 0. The Kier molecular flexibility index (Phi) is 3.61. The summed E-state index contributed by atoms with van der Waals surface area (Å²) in [6.45, 7) is -0.369. The molecule has 0 bridgehead atoms. The molecule has 9 heteroatoms. The van der Waals surface area contributed by atoms with Crippen molar-refractivity contribution in [1.82, 2.24) is 19.5 Å². The van der Waals surface area contributed by atoms with Crippen LogP contribution in [0.1, 0.15) is 6.23 Å². The molecule has 1 fully saturated rings. The topological polar surface area (TPSA) is 114 Å². The first-order chi connectivity index (χ1) is 9.67. The standard InChI is InChI=1S/C11H14N4O4S/c1-20-10-6-9(12-3-13-10)15(4-14-6)11-8(18)7(17)5(2-16)19-11/h3-5,7-8,11,16-18H,2H2,1H3/t5-,7+,8?,11-/m1/s1. The van der Waals surface area contributed by atoms with Crippen molar-refractivity contribution < 1.29 is 20.1 Å². The van der Waals surface area contributed by atoms with E-state index in [9.17, 15) is 10.2 Å². The highest BCUT2D eigenvalue weighted by Crippen LogP contribution is 2.32. The molecule has 3 N–H and O–H groups in total. The lowest BCUT2D eigenvalue weighted by Gasteiger charge is -2.16. The Hall–Kier alpha value is -1.26. The van der Waals surface area contributed by atoms with E-state index in [1.807, 2.05) is 6.26 Å². The molecule has 0 amide bonds. The quantitative estimate of drug-likeness (QED) is 0.496. The highest BCUT2D eigenvalue weighted by Gasteiger charge is 2.43. The molecular formula is C11H14N4O4S. The van der Waals surface area contributed by atoms with Crippen LogP contribution in [0.15, 0.2) is 17.7 Å². The van der Waals surface area contributed by atoms with E-state index in [1.54, 1.807) is 4.57 Å². The third-order valence-electron chi connectivity index (χ3n) is 3.31. The first-order valence-corrected chi connectivity index (χ1v) is 7.23. The average molecular weight is 298 g/mol. The van der Waals surface area contributed by atoms with Crippen LogP contribution in [0, 0.1) is 0 Å². The highest BCUT2D eigenvalue weighted by molar-refractivity contribution is 7.98. The zero-order valence-corrected chi connectivity index (χ0v) is 11.4. The molecule has 0 saturated carbocycles. The van der Waals surface area contributed by atoms with Crippen LogP contribution in [0.3, 0.4) is 0 Å². The molecule has 0 aromatic carbocycles. The number of thioether (sulfide) groups is 1. The fourth-order valence-corrected chi connectivity index (χ4v) is 2.77.